The molecule has 49 heavy (non-hydrogen) atoms. The number of ether oxygens (including phenoxy) is 4. The first-order valence-corrected chi connectivity index (χ1v) is 25.2. The summed E-state index contributed by atoms with van der Waals surface area (Å²) in [6, 6.07) is -0.185. The van der Waals surface area contributed by atoms with Gasteiger partial charge in [-0.25, -0.2) is 0 Å². The highest BCUT2D eigenvalue weighted by Crippen LogP contribution is 2.40. The van der Waals surface area contributed by atoms with Crippen molar-refractivity contribution in [2.75, 3.05) is 21.2 Å². The molecule has 1 fully saturated rings. The molecule has 0 aliphatic carbocycles. The Morgan fingerprint density at radius 2 is 1.59 bits per heavy atom. The summed E-state index contributed by atoms with van der Waals surface area (Å²) in [6.45, 7) is 28.2. The lowest BCUT2D eigenvalue weighted by Crippen LogP contribution is -2.60. The molecular formula is C37H71NO9Si2. The van der Waals surface area contributed by atoms with Crippen LogP contribution in [-0.2, 0) is 37.4 Å². The molecule has 12 heteroatoms. The van der Waals surface area contributed by atoms with E-state index in [1.165, 1.54) is 0 Å². The number of methoxy groups -OCH3 is 1. The zero-order valence-electron chi connectivity index (χ0n) is 33.8. The molecule has 0 amide bonds. The van der Waals surface area contributed by atoms with Crippen LogP contribution in [0.15, 0.2) is 11.6 Å². The van der Waals surface area contributed by atoms with Gasteiger partial charge in [0.15, 0.2) is 28.7 Å². The van der Waals surface area contributed by atoms with Crippen LogP contribution in [-0.4, -0.2) is 114 Å². The number of Topliss-reactive ketones (excluding diaryl/α,β-unsaturated/α-hetero) is 1. The molecule has 2 rings (SSSR count). The van der Waals surface area contributed by atoms with Gasteiger partial charge in [-0.2, -0.15) is 0 Å². The number of hydrogen-bond acceptors (Lipinski definition) is 10. The van der Waals surface area contributed by atoms with Crippen LogP contribution in [0.4, 0.5) is 0 Å². The summed E-state index contributed by atoms with van der Waals surface area (Å²) in [5.74, 6) is -1.99. The van der Waals surface area contributed by atoms with Crippen molar-refractivity contribution in [3.05, 3.63) is 11.6 Å². The van der Waals surface area contributed by atoms with E-state index in [2.05, 4.69) is 39.3 Å². The van der Waals surface area contributed by atoms with Crippen LogP contribution in [0.5, 0.6) is 0 Å². The molecule has 0 aromatic heterocycles. The first-order chi connectivity index (χ1) is 22.3. The minimum absolute atomic E-state index is 0.0145. The third-order valence-corrected chi connectivity index (χ3v) is 12.1. The molecule has 1 N–H and O–H groups in total. The summed E-state index contributed by atoms with van der Waals surface area (Å²) >= 11 is 0. The van der Waals surface area contributed by atoms with Crippen molar-refractivity contribution >= 4 is 28.4 Å². The molecule has 2 heterocycles. The lowest BCUT2D eigenvalue weighted by molar-refractivity contribution is -0.301. The average molecular weight is 730 g/mol. The Kier molecular flexibility index (Phi) is 15.5. The second-order valence-corrected chi connectivity index (χ2v) is 26.1. The molecule has 2 aliphatic rings. The minimum atomic E-state index is -2.25. The fourth-order valence-corrected chi connectivity index (χ4v) is 10.5. The minimum Gasteiger partial charge on any atom is -0.459 e. The third kappa shape index (κ3) is 11.5. The van der Waals surface area contributed by atoms with Gasteiger partial charge in [-0.15, -0.1) is 0 Å². The van der Waals surface area contributed by atoms with Crippen LogP contribution >= 0.6 is 0 Å². The van der Waals surface area contributed by atoms with Crippen molar-refractivity contribution < 1.29 is 42.5 Å². The Balaban J connectivity index is 2.86. The Morgan fingerprint density at radius 1 is 1.00 bits per heavy atom. The normalized spacial score (nSPS) is 40.4. The van der Waals surface area contributed by atoms with Crippen LogP contribution in [0.1, 0.15) is 81.1 Å². The second kappa shape index (κ2) is 17.2. The summed E-state index contributed by atoms with van der Waals surface area (Å²) in [4.78, 5) is 30.6. The predicted molar refractivity (Wildman–Crippen MR) is 199 cm³/mol. The van der Waals surface area contributed by atoms with E-state index in [1.54, 1.807) is 7.11 Å². The standard InChI is InChI=1S/C37H71NO9Si2/c1-18-27-22-36(7,47-49(15,16)17)29(19-2)44-34(41)26(6)32(46-48(12,13)14)25(5)33(37(8,42-11)21-23(3)30(27)39)45-35-31(40)28(38(9)10)20-24(4)43-35/h22-26,28-29,31-33,35,40H,18-21H2,1-17H3/b27-22+/t23-,24-,25+,26-,28+,29-,31-,32+,33-,35?,36-,37+/m1/s1. The summed E-state index contributed by atoms with van der Waals surface area (Å²) < 4.78 is 39.6. The number of nitrogens with zero attached hydrogens (tertiary/aromatic N) is 1. The lowest BCUT2D eigenvalue weighted by atomic mass is 9.76. The van der Waals surface area contributed by atoms with E-state index in [0.29, 0.717) is 31.3 Å². The van der Waals surface area contributed by atoms with Gasteiger partial charge in [0.25, 0.3) is 0 Å². The number of carbonyl (C=O) groups is 2. The van der Waals surface area contributed by atoms with Gasteiger partial charge < -0.3 is 37.8 Å². The molecule has 2 aliphatic heterocycles. The van der Waals surface area contributed by atoms with Gasteiger partial charge in [-0.3, -0.25) is 9.59 Å². The quantitative estimate of drug-likeness (QED) is 0.196. The van der Waals surface area contributed by atoms with Crippen molar-refractivity contribution in [3.63, 3.8) is 0 Å². The van der Waals surface area contributed by atoms with E-state index in [4.69, 9.17) is 27.8 Å². The van der Waals surface area contributed by atoms with Crippen molar-refractivity contribution in [2.24, 2.45) is 17.8 Å². The van der Waals surface area contributed by atoms with Crippen LogP contribution in [0.25, 0.3) is 0 Å². The van der Waals surface area contributed by atoms with Gasteiger partial charge in [0.1, 0.15) is 17.8 Å². The smallest absolute Gasteiger partial charge is 0.311 e. The molecule has 0 spiro atoms. The van der Waals surface area contributed by atoms with E-state index < -0.39 is 82.3 Å². The van der Waals surface area contributed by atoms with Crippen molar-refractivity contribution in [1.29, 1.82) is 0 Å². The predicted octanol–water partition coefficient (Wildman–Crippen LogP) is 6.57. The summed E-state index contributed by atoms with van der Waals surface area (Å²) in [5.41, 5.74) is -1.42. The zero-order valence-corrected chi connectivity index (χ0v) is 35.8. The van der Waals surface area contributed by atoms with Crippen LogP contribution in [0.3, 0.4) is 0 Å². The number of hydrogen-bond donors (Lipinski definition) is 1. The fraction of sp³-hybridized carbons (Fsp3) is 0.892. The topological polar surface area (TPSA) is 113 Å². The molecule has 0 saturated carbocycles. The first kappa shape index (κ1) is 44.2. The van der Waals surface area contributed by atoms with Gasteiger partial charge in [-0.1, -0.05) is 27.7 Å². The molecular weight excluding hydrogens is 659 g/mol. The van der Waals surface area contributed by atoms with E-state index in [9.17, 15) is 14.7 Å². The summed E-state index contributed by atoms with van der Waals surface area (Å²) in [6.07, 6.45) is -0.180. The number of carbonyl (C=O) groups excluding carboxylic acids is 2. The maximum atomic E-state index is 14.4. The van der Waals surface area contributed by atoms with Crippen LogP contribution in [0.2, 0.25) is 39.3 Å². The van der Waals surface area contributed by atoms with Gasteiger partial charge in [0.2, 0.25) is 0 Å². The monoisotopic (exact) mass is 729 g/mol. The zero-order chi connectivity index (χ0) is 37.9. The number of rotatable bonds is 10. The Morgan fingerprint density at radius 3 is 2.06 bits per heavy atom. The van der Waals surface area contributed by atoms with Gasteiger partial charge >= 0.3 is 5.97 Å². The van der Waals surface area contributed by atoms with Gasteiger partial charge in [0.05, 0.1) is 29.8 Å². The maximum Gasteiger partial charge on any atom is 0.311 e. The molecule has 12 atom stereocenters. The van der Waals surface area contributed by atoms with Gasteiger partial charge in [-0.05, 0) is 118 Å². The molecule has 0 radical (unpaired) electrons. The molecule has 10 nitrogen and oxygen atoms in total. The molecule has 0 aromatic rings. The van der Waals surface area contributed by atoms with E-state index in [-0.39, 0.29) is 17.9 Å². The number of aliphatic hydroxyl groups excluding tert-OH is 1. The van der Waals surface area contributed by atoms with Crippen molar-refractivity contribution in [3.8, 4) is 0 Å². The maximum absolute atomic E-state index is 14.4. The number of aliphatic hydroxyl groups is 1. The highest BCUT2D eigenvalue weighted by atomic mass is 28.4. The number of cyclic esters (lactones) is 1. The molecule has 0 bridgehead atoms. The number of allylic oxidation sites excluding steroid dienone is 1. The molecule has 1 saturated heterocycles. The van der Waals surface area contributed by atoms with E-state index in [0.717, 1.165) is 0 Å². The largest absolute Gasteiger partial charge is 0.459 e. The first-order valence-electron chi connectivity index (χ1n) is 18.4. The van der Waals surface area contributed by atoms with Crippen molar-refractivity contribution in [2.45, 2.75) is 174 Å². The highest BCUT2D eigenvalue weighted by Gasteiger charge is 2.51. The molecule has 0 aromatic carbocycles. The number of likely N-dealkylation sites (N-methyl/N-ethyl adjacent to an activating group) is 1. The fourth-order valence-electron chi connectivity index (χ4n) is 7.73. The molecule has 286 valence electrons. The highest BCUT2D eigenvalue weighted by molar-refractivity contribution is 6.70. The summed E-state index contributed by atoms with van der Waals surface area (Å²) in [5, 5.41) is 11.5. The Labute approximate surface area is 300 Å². The summed E-state index contributed by atoms with van der Waals surface area (Å²) in [7, 11) is 1.07. The third-order valence-electron chi connectivity index (χ3n) is 10.1. The average Bonchev–Trinajstić information content (AvgIpc) is 2.98. The van der Waals surface area contributed by atoms with Crippen LogP contribution < -0.4 is 0 Å². The van der Waals surface area contributed by atoms with Crippen molar-refractivity contribution in [1.82, 2.24) is 4.90 Å². The van der Waals surface area contributed by atoms with E-state index in [1.807, 2.05) is 80.5 Å². The van der Waals surface area contributed by atoms with Gasteiger partial charge in [0, 0.05) is 25.0 Å². The second-order valence-electron chi connectivity index (χ2n) is 17.2. The van der Waals surface area contributed by atoms with E-state index >= 15 is 0 Å². The Hall–Kier alpha value is -0.966. The SMILES string of the molecule is CC/C1=C\[C@@](C)(O[Si](C)(C)C)[C@@H](CC)OC(=O)[C@H](C)[C@@H](O[Si](C)(C)C)[C@H](C)[C@@H](OC2O[C@H](C)C[C@H](N(C)C)[C@H]2O)[C@@](C)(OC)C[C@@H](C)C1=O. The Bertz CT molecular complexity index is 1140. The lowest BCUT2D eigenvalue weighted by Gasteiger charge is -2.49. The number of esters is 1. The number of ketones is 1. The molecule has 1 unspecified atom stereocenters. The van der Waals surface area contributed by atoms with Crippen LogP contribution in [0, 0.1) is 17.8 Å².